The maximum atomic E-state index is 12.9. The Morgan fingerprint density at radius 3 is 2.55 bits per heavy atom. The van der Waals surface area contributed by atoms with Gasteiger partial charge >= 0.3 is 0 Å². The monoisotopic (exact) mass is 290 g/mol. The van der Waals surface area contributed by atoms with Crippen molar-refractivity contribution in [1.29, 1.82) is 0 Å². The average Bonchev–Trinajstić information content (AvgIpc) is 2.80. The van der Waals surface area contributed by atoms with Crippen LogP contribution in [0.15, 0.2) is 36.5 Å². The van der Waals surface area contributed by atoms with Gasteiger partial charge in [0.2, 0.25) is 0 Å². The van der Waals surface area contributed by atoms with Gasteiger partial charge in [0.05, 0.1) is 16.6 Å². The molecule has 2 aromatic rings. The molecule has 0 atom stereocenters. The molecule has 1 aromatic carbocycles. The molecular weight excluding hydrogens is 272 g/mol. The van der Waals surface area contributed by atoms with Crippen LogP contribution in [0.3, 0.4) is 0 Å². The standard InChI is InChI=1S/C16H19ClN2O/c1-4-10-19-14(13(17)11-18-19)15(20)16(2,3)12-8-6-5-7-9-12/h5-9,11H,4,10H2,1-3H3. The van der Waals surface area contributed by atoms with Crippen molar-refractivity contribution in [3.8, 4) is 0 Å². The SMILES string of the molecule is CCCn1ncc(Cl)c1C(=O)C(C)(C)c1ccccc1. The van der Waals surface area contributed by atoms with Crippen molar-refractivity contribution in [2.45, 2.75) is 39.2 Å². The fourth-order valence-corrected chi connectivity index (χ4v) is 2.48. The first-order valence-corrected chi connectivity index (χ1v) is 7.18. The number of aromatic nitrogens is 2. The van der Waals surface area contributed by atoms with Gasteiger partial charge in [-0.25, -0.2) is 0 Å². The van der Waals surface area contributed by atoms with Crippen LogP contribution < -0.4 is 0 Å². The predicted molar refractivity (Wildman–Crippen MR) is 81.3 cm³/mol. The second-order valence-corrected chi connectivity index (χ2v) is 5.79. The van der Waals surface area contributed by atoms with Crippen molar-refractivity contribution in [2.24, 2.45) is 0 Å². The Kier molecular flexibility index (Phi) is 4.29. The molecule has 1 aromatic heterocycles. The molecule has 4 heteroatoms. The number of benzene rings is 1. The Morgan fingerprint density at radius 2 is 1.95 bits per heavy atom. The fourth-order valence-electron chi connectivity index (χ4n) is 2.25. The molecule has 0 aliphatic rings. The number of aryl methyl sites for hydroxylation is 1. The number of halogens is 1. The largest absolute Gasteiger partial charge is 0.291 e. The van der Waals surface area contributed by atoms with E-state index in [9.17, 15) is 4.79 Å². The second-order valence-electron chi connectivity index (χ2n) is 5.38. The van der Waals surface area contributed by atoms with Gasteiger partial charge in [-0.05, 0) is 25.8 Å². The first kappa shape index (κ1) is 14.8. The number of Topliss-reactive ketones (excluding diaryl/α,β-unsaturated/α-hetero) is 1. The van der Waals surface area contributed by atoms with E-state index >= 15 is 0 Å². The lowest BCUT2D eigenvalue weighted by Gasteiger charge is -2.24. The quantitative estimate of drug-likeness (QED) is 0.777. The molecule has 0 radical (unpaired) electrons. The average molecular weight is 291 g/mol. The van der Waals surface area contributed by atoms with E-state index in [-0.39, 0.29) is 5.78 Å². The Morgan fingerprint density at radius 1 is 1.30 bits per heavy atom. The maximum absolute atomic E-state index is 12.9. The zero-order valence-electron chi connectivity index (χ0n) is 12.1. The third-order valence-corrected chi connectivity index (χ3v) is 3.79. The van der Waals surface area contributed by atoms with Crippen LogP contribution >= 0.6 is 11.6 Å². The summed E-state index contributed by atoms with van der Waals surface area (Å²) < 4.78 is 1.70. The highest BCUT2D eigenvalue weighted by atomic mass is 35.5. The van der Waals surface area contributed by atoms with E-state index in [1.165, 1.54) is 0 Å². The Labute approximate surface area is 124 Å². The minimum atomic E-state index is -0.629. The molecule has 0 bridgehead atoms. The van der Waals surface area contributed by atoms with Crippen molar-refractivity contribution in [1.82, 2.24) is 9.78 Å². The number of hydrogen-bond acceptors (Lipinski definition) is 2. The fraction of sp³-hybridized carbons (Fsp3) is 0.375. The molecule has 0 spiro atoms. The van der Waals surface area contributed by atoms with Gasteiger partial charge in [0.25, 0.3) is 0 Å². The lowest BCUT2D eigenvalue weighted by Crippen LogP contribution is -2.31. The van der Waals surface area contributed by atoms with Crippen molar-refractivity contribution in [3.63, 3.8) is 0 Å². The molecule has 106 valence electrons. The van der Waals surface area contributed by atoms with Gasteiger partial charge in [-0.2, -0.15) is 5.10 Å². The summed E-state index contributed by atoms with van der Waals surface area (Å²) in [7, 11) is 0. The maximum Gasteiger partial charge on any atom is 0.192 e. The van der Waals surface area contributed by atoms with Crippen molar-refractivity contribution < 1.29 is 4.79 Å². The van der Waals surface area contributed by atoms with Crippen molar-refractivity contribution >= 4 is 17.4 Å². The molecule has 2 rings (SSSR count). The molecule has 0 aliphatic heterocycles. The topological polar surface area (TPSA) is 34.9 Å². The minimum Gasteiger partial charge on any atom is -0.291 e. The van der Waals surface area contributed by atoms with E-state index in [0.717, 1.165) is 12.0 Å². The third kappa shape index (κ3) is 2.63. The van der Waals surface area contributed by atoms with E-state index in [0.29, 0.717) is 17.3 Å². The smallest absolute Gasteiger partial charge is 0.192 e. The molecule has 0 amide bonds. The molecule has 0 aliphatic carbocycles. The second kappa shape index (κ2) is 5.80. The zero-order valence-corrected chi connectivity index (χ0v) is 12.8. The highest BCUT2D eigenvalue weighted by Gasteiger charge is 2.34. The highest BCUT2D eigenvalue weighted by Crippen LogP contribution is 2.30. The molecule has 0 saturated carbocycles. The molecule has 1 heterocycles. The van der Waals surface area contributed by atoms with Gasteiger partial charge in [0, 0.05) is 6.54 Å². The number of rotatable bonds is 5. The summed E-state index contributed by atoms with van der Waals surface area (Å²) in [6.45, 7) is 6.58. The summed E-state index contributed by atoms with van der Waals surface area (Å²) in [5, 5.41) is 4.62. The summed E-state index contributed by atoms with van der Waals surface area (Å²) in [4.78, 5) is 12.9. The van der Waals surface area contributed by atoms with Crippen molar-refractivity contribution in [3.05, 3.63) is 52.8 Å². The lowest BCUT2D eigenvalue weighted by molar-refractivity contribution is 0.0897. The number of nitrogens with zero attached hydrogens (tertiary/aromatic N) is 2. The molecule has 0 fully saturated rings. The van der Waals surface area contributed by atoms with Crippen LogP contribution in [0.4, 0.5) is 0 Å². The molecule has 0 N–H and O–H groups in total. The molecule has 0 unspecified atom stereocenters. The minimum absolute atomic E-state index is 0.000324. The van der Waals surface area contributed by atoms with Crippen LogP contribution in [-0.4, -0.2) is 15.6 Å². The van der Waals surface area contributed by atoms with Crippen LogP contribution in [0, 0.1) is 0 Å². The normalized spacial score (nSPS) is 11.6. The van der Waals surface area contributed by atoms with Gasteiger partial charge in [-0.3, -0.25) is 9.48 Å². The molecular formula is C16H19ClN2O. The van der Waals surface area contributed by atoms with E-state index in [2.05, 4.69) is 5.10 Å². The Bertz CT molecular complexity index is 602. The number of hydrogen-bond donors (Lipinski definition) is 0. The summed E-state index contributed by atoms with van der Waals surface area (Å²) in [6, 6.07) is 9.75. The number of ketones is 1. The molecule has 20 heavy (non-hydrogen) atoms. The molecule has 0 saturated heterocycles. The van der Waals surface area contributed by atoms with Gasteiger partial charge in [0.15, 0.2) is 5.78 Å². The van der Waals surface area contributed by atoms with E-state index < -0.39 is 5.41 Å². The summed E-state index contributed by atoms with van der Waals surface area (Å²) in [5.74, 6) is -0.000324. The molecule has 3 nitrogen and oxygen atoms in total. The van der Waals surface area contributed by atoms with Gasteiger partial charge in [0.1, 0.15) is 5.69 Å². The third-order valence-electron chi connectivity index (χ3n) is 3.51. The van der Waals surface area contributed by atoms with Crippen LogP contribution in [-0.2, 0) is 12.0 Å². The summed E-state index contributed by atoms with van der Waals surface area (Å²) in [5.41, 5.74) is 0.851. The van der Waals surface area contributed by atoms with Crippen LogP contribution in [0.25, 0.3) is 0 Å². The summed E-state index contributed by atoms with van der Waals surface area (Å²) in [6.07, 6.45) is 2.45. The lowest BCUT2D eigenvalue weighted by atomic mass is 9.79. The predicted octanol–water partition coefficient (Wildman–Crippen LogP) is 4.11. The van der Waals surface area contributed by atoms with Gasteiger partial charge in [-0.15, -0.1) is 0 Å². The van der Waals surface area contributed by atoms with Crippen LogP contribution in [0.5, 0.6) is 0 Å². The summed E-state index contributed by atoms with van der Waals surface area (Å²) >= 11 is 6.16. The van der Waals surface area contributed by atoms with E-state index in [4.69, 9.17) is 11.6 Å². The van der Waals surface area contributed by atoms with Crippen LogP contribution in [0.1, 0.15) is 43.2 Å². The number of carbonyl (C=O) groups is 1. The van der Waals surface area contributed by atoms with E-state index in [1.54, 1.807) is 10.9 Å². The first-order chi connectivity index (χ1) is 9.48. The number of carbonyl (C=O) groups excluding carboxylic acids is 1. The van der Waals surface area contributed by atoms with Gasteiger partial charge < -0.3 is 0 Å². The first-order valence-electron chi connectivity index (χ1n) is 6.80. The Hall–Kier alpha value is -1.61. The van der Waals surface area contributed by atoms with Crippen molar-refractivity contribution in [2.75, 3.05) is 0 Å². The highest BCUT2D eigenvalue weighted by molar-refractivity contribution is 6.34. The zero-order chi connectivity index (χ0) is 14.8. The Balaban J connectivity index is 2.43. The van der Waals surface area contributed by atoms with E-state index in [1.807, 2.05) is 51.1 Å². The van der Waals surface area contributed by atoms with Gasteiger partial charge in [-0.1, -0.05) is 48.9 Å². The van der Waals surface area contributed by atoms with Crippen LogP contribution in [0.2, 0.25) is 5.02 Å².